The summed E-state index contributed by atoms with van der Waals surface area (Å²) in [6.45, 7) is 1.42. The van der Waals surface area contributed by atoms with Crippen molar-refractivity contribution in [2.45, 2.75) is 25.6 Å². The first-order valence-corrected chi connectivity index (χ1v) is 9.68. The van der Waals surface area contributed by atoms with Crippen molar-refractivity contribution in [3.05, 3.63) is 64.7 Å². The quantitative estimate of drug-likeness (QED) is 0.413. The van der Waals surface area contributed by atoms with Gasteiger partial charge in [-0.2, -0.15) is 5.10 Å². The van der Waals surface area contributed by atoms with Crippen LogP contribution in [0.2, 0.25) is 5.02 Å². The predicted molar refractivity (Wildman–Crippen MR) is 110 cm³/mol. The summed E-state index contributed by atoms with van der Waals surface area (Å²) in [4.78, 5) is 23.5. The number of benzene rings is 2. The topological polar surface area (TPSA) is 89.0 Å². The molecule has 2 amide bonds. The molecule has 2 aromatic carbocycles. The van der Waals surface area contributed by atoms with Gasteiger partial charge in [-0.3, -0.25) is 9.59 Å². The van der Waals surface area contributed by atoms with Crippen molar-refractivity contribution in [3.8, 4) is 5.75 Å². The Kier molecular flexibility index (Phi) is 7.61. The van der Waals surface area contributed by atoms with Gasteiger partial charge >= 0.3 is 11.8 Å². The number of hydrazone groups is 1. The number of carbonyl (C=O) groups is 2. The van der Waals surface area contributed by atoms with Gasteiger partial charge in [0.1, 0.15) is 12.4 Å². The highest BCUT2D eigenvalue weighted by Crippen LogP contribution is 2.16. The molecule has 0 unspecified atom stereocenters. The summed E-state index contributed by atoms with van der Waals surface area (Å²) in [5, 5.41) is 7.04. The molecule has 1 heterocycles. The molecule has 7 nitrogen and oxygen atoms in total. The van der Waals surface area contributed by atoms with Gasteiger partial charge in [0.2, 0.25) is 0 Å². The van der Waals surface area contributed by atoms with Crippen LogP contribution < -0.4 is 15.5 Å². The maximum absolute atomic E-state index is 11.8. The molecule has 0 radical (unpaired) electrons. The van der Waals surface area contributed by atoms with Crippen LogP contribution in [-0.2, 0) is 20.9 Å². The van der Waals surface area contributed by atoms with E-state index in [0.29, 0.717) is 30.5 Å². The Labute approximate surface area is 174 Å². The molecule has 1 atom stereocenters. The van der Waals surface area contributed by atoms with Crippen LogP contribution >= 0.6 is 11.6 Å². The lowest BCUT2D eigenvalue weighted by molar-refractivity contribution is -0.139. The van der Waals surface area contributed by atoms with E-state index in [-0.39, 0.29) is 6.10 Å². The van der Waals surface area contributed by atoms with Crippen molar-refractivity contribution >= 4 is 29.6 Å². The molecule has 0 saturated carbocycles. The van der Waals surface area contributed by atoms with Gasteiger partial charge in [0, 0.05) is 18.2 Å². The number of hydrogen-bond acceptors (Lipinski definition) is 5. The van der Waals surface area contributed by atoms with Gasteiger partial charge in [-0.25, -0.2) is 5.43 Å². The second kappa shape index (κ2) is 10.6. The number of halogens is 1. The minimum atomic E-state index is -0.825. The number of amides is 2. The van der Waals surface area contributed by atoms with Crippen molar-refractivity contribution in [3.63, 3.8) is 0 Å². The zero-order valence-corrected chi connectivity index (χ0v) is 16.5. The first-order valence-electron chi connectivity index (χ1n) is 9.30. The molecule has 0 aliphatic carbocycles. The molecule has 0 aromatic heterocycles. The van der Waals surface area contributed by atoms with Crippen LogP contribution in [0.25, 0.3) is 0 Å². The molecule has 2 aromatic rings. The van der Waals surface area contributed by atoms with E-state index in [0.717, 1.165) is 24.0 Å². The summed E-state index contributed by atoms with van der Waals surface area (Å²) in [6, 6.07) is 14.6. The van der Waals surface area contributed by atoms with Crippen LogP contribution in [0.3, 0.4) is 0 Å². The maximum atomic E-state index is 11.8. The molecular weight excluding hydrogens is 394 g/mol. The Morgan fingerprint density at radius 1 is 1.21 bits per heavy atom. The Hall–Kier alpha value is -2.90. The predicted octanol–water partition coefficient (Wildman–Crippen LogP) is 2.66. The molecule has 1 aliphatic rings. The highest BCUT2D eigenvalue weighted by molar-refractivity contribution is 6.35. The first-order chi connectivity index (χ1) is 14.1. The summed E-state index contributed by atoms with van der Waals surface area (Å²) in [5.41, 5.74) is 3.93. The van der Waals surface area contributed by atoms with E-state index < -0.39 is 11.8 Å². The van der Waals surface area contributed by atoms with Gasteiger partial charge in [-0.1, -0.05) is 35.9 Å². The van der Waals surface area contributed by atoms with Gasteiger partial charge in [0.15, 0.2) is 0 Å². The normalized spacial score (nSPS) is 16.0. The van der Waals surface area contributed by atoms with Gasteiger partial charge in [0.25, 0.3) is 0 Å². The number of nitrogens with one attached hydrogen (secondary N) is 2. The minimum Gasteiger partial charge on any atom is -0.489 e. The van der Waals surface area contributed by atoms with Gasteiger partial charge < -0.3 is 14.8 Å². The number of nitrogens with zero attached hydrogens (tertiary/aromatic N) is 1. The van der Waals surface area contributed by atoms with Crippen LogP contribution in [0.1, 0.15) is 24.0 Å². The summed E-state index contributed by atoms with van der Waals surface area (Å²) in [5.74, 6) is -0.906. The van der Waals surface area contributed by atoms with Gasteiger partial charge in [0.05, 0.1) is 12.3 Å². The van der Waals surface area contributed by atoms with Crippen molar-refractivity contribution in [2.24, 2.45) is 5.10 Å². The van der Waals surface area contributed by atoms with Crippen molar-refractivity contribution in [1.82, 2.24) is 10.7 Å². The molecule has 0 spiro atoms. The van der Waals surface area contributed by atoms with Crippen LogP contribution in [0, 0.1) is 0 Å². The Morgan fingerprint density at radius 2 is 2.03 bits per heavy atom. The van der Waals surface area contributed by atoms with Crippen molar-refractivity contribution < 1.29 is 19.1 Å². The molecule has 0 bridgehead atoms. The number of carbonyl (C=O) groups excluding carboxylic acids is 2. The third-order valence-corrected chi connectivity index (χ3v) is 4.53. The van der Waals surface area contributed by atoms with E-state index >= 15 is 0 Å². The standard InChI is InChI=1S/C21H22ClN3O4/c22-17-8-6-15(7-9-17)14-29-18-4-1-3-16(11-18)12-24-25-21(27)20(26)23-13-19-5-2-10-28-19/h1,3-4,6-9,11-12,19H,2,5,10,13-14H2,(H,23,26)(H,25,27)/b24-12-/t19-/m1/s1. The highest BCUT2D eigenvalue weighted by Gasteiger charge is 2.18. The van der Waals surface area contributed by atoms with Crippen LogP contribution in [0.4, 0.5) is 0 Å². The fourth-order valence-electron chi connectivity index (χ4n) is 2.74. The average molecular weight is 416 g/mol. The van der Waals surface area contributed by atoms with Crippen molar-refractivity contribution in [1.29, 1.82) is 0 Å². The van der Waals surface area contributed by atoms with Crippen LogP contribution in [0.5, 0.6) is 5.75 Å². The summed E-state index contributed by atoms with van der Waals surface area (Å²) in [6.07, 6.45) is 3.28. The fourth-order valence-corrected chi connectivity index (χ4v) is 2.87. The molecule has 2 N–H and O–H groups in total. The molecule has 1 aliphatic heterocycles. The zero-order chi connectivity index (χ0) is 20.5. The van der Waals surface area contributed by atoms with Gasteiger partial charge in [-0.15, -0.1) is 0 Å². The maximum Gasteiger partial charge on any atom is 0.329 e. The fraction of sp³-hybridized carbons (Fsp3) is 0.286. The Morgan fingerprint density at radius 3 is 2.79 bits per heavy atom. The van der Waals surface area contributed by atoms with E-state index in [9.17, 15) is 9.59 Å². The number of rotatable bonds is 7. The Balaban J connectivity index is 1.44. The van der Waals surface area contributed by atoms with Crippen LogP contribution in [-0.4, -0.2) is 37.3 Å². The molecule has 152 valence electrons. The lowest BCUT2D eigenvalue weighted by Crippen LogP contribution is -2.41. The average Bonchev–Trinajstić information content (AvgIpc) is 3.25. The molecule has 1 saturated heterocycles. The minimum absolute atomic E-state index is 0.0223. The van der Waals surface area contributed by atoms with Crippen LogP contribution in [0.15, 0.2) is 53.6 Å². The van der Waals surface area contributed by atoms with E-state index in [1.807, 2.05) is 42.5 Å². The SMILES string of the molecule is O=C(NC[C@H]1CCCO1)C(=O)N/N=C\c1cccc(OCc2ccc(Cl)cc2)c1. The largest absolute Gasteiger partial charge is 0.489 e. The zero-order valence-electron chi connectivity index (χ0n) is 15.8. The molecule has 3 rings (SSSR count). The van der Waals surface area contributed by atoms with Crippen molar-refractivity contribution in [2.75, 3.05) is 13.2 Å². The summed E-state index contributed by atoms with van der Waals surface area (Å²) in [7, 11) is 0. The lowest BCUT2D eigenvalue weighted by Gasteiger charge is -2.09. The van der Waals surface area contributed by atoms with E-state index in [1.165, 1.54) is 6.21 Å². The third-order valence-electron chi connectivity index (χ3n) is 4.28. The second-order valence-corrected chi connectivity index (χ2v) is 6.97. The first kappa shape index (κ1) is 20.8. The third kappa shape index (κ3) is 6.89. The molecule has 8 heteroatoms. The molecule has 29 heavy (non-hydrogen) atoms. The highest BCUT2D eigenvalue weighted by atomic mass is 35.5. The van der Waals surface area contributed by atoms with E-state index in [1.54, 1.807) is 6.07 Å². The summed E-state index contributed by atoms with van der Waals surface area (Å²) < 4.78 is 11.1. The Bertz CT molecular complexity index is 864. The van der Waals surface area contributed by atoms with Gasteiger partial charge in [-0.05, 0) is 48.2 Å². The van der Waals surface area contributed by atoms with E-state index in [4.69, 9.17) is 21.1 Å². The smallest absolute Gasteiger partial charge is 0.329 e. The molecular formula is C21H22ClN3O4. The van der Waals surface area contributed by atoms with E-state index in [2.05, 4.69) is 15.8 Å². The monoisotopic (exact) mass is 415 g/mol. The second-order valence-electron chi connectivity index (χ2n) is 6.53. The summed E-state index contributed by atoms with van der Waals surface area (Å²) >= 11 is 5.87. The number of ether oxygens (including phenoxy) is 2. The number of hydrogen-bond donors (Lipinski definition) is 2. The lowest BCUT2D eigenvalue weighted by atomic mass is 10.2. The molecule has 1 fully saturated rings.